The lowest BCUT2D eigenvalue weighted by Crippen LogP contribution is -2.34. The third-order valence-corrected chi connectivity index (χ3v) is 5.49. The molecule has 0 N–H and O–H groups in total. The molecule has 3 heterocycles. The summed E-state index contributed by atoms with van der Waals surface area (Å²) in [7, 11) is 0. The Labute approximate surface area is 166 Å². The van der Waals surface area contributed by atoms with Gasteiger partial charge >= 0.3 is 0 Å². The van der Waals surface area contributed by atoms with Gasteiger partial charge in [-0.2, -0.15) is 5.10 Å². The molecule has 0 radical (unpaired) electrons. The summed E-state index contributed by atoms with van der Waals surface area (Å²) in [5.74, 6) is 0.284. The maximum atomic E-state index is 13.4. The number of aryl methyl sites for hydroxylation is 1. The molecule has 1 fully saturated rings. The Morgan fingerprint density at radius 2 is 2.04 bits per heavy atom. The number of nitrogens with zero attached hydrogens (tertiary/aromatic N) is 4. The summed E-state index contributed by atoms with van der Waals surface area (Å²) in [4.78, 5) is 7.25. The van der Waals surface area contributed by atoms with Crippen LogP contribution in [-0.2, 0) is 19.5 Å². The van der Waals surface area contributed by atoms with Crippen molar-refractivity contribution in [2.24, 2.45) is 0 Å². The van der Waals surface area contributed by atoms with Gasteiger partial charge in [-0.3, -0.25) is 14.6 Å². The van der Waals surface area contributed by atoms with Gasteiger partial charge in [-0.25, -0.2) is 4.39 Å². The second kappa shape index (κ2) is 8.65. The number of piperidine rings is 1. The number of benzene rings is 1. The number of rotatable bonds is 6. The molecule has 0 amide bonds. The summed E-state index contributed by atoms with van der Waals surface area (Å²) in [5.41, 5.74) is 4.54. The molecule has 28 heavy (non-hydrogen) atoms. The van der Waals surface area contributed by atoms with Crippen LogP contribution in [0.1, 0.15) is 48.1 Å². The van der Waals surface area contributed by atoms with Crippen LogP contribution in [0.25, 0.3) is 0 Å². The van der Waals surface area contributed by atoms with Gasteiger partial charge in [0.2, 0.25) is 0 Å². The predicted molar refractivity (Wildman–Crippen MR) is 109 cm³/mol. The first kappa shape index (κ1) is 18.8. The van der Waals surface area contributed by atoms with Gasteiger partial charge in [0.05, 0.1) is 6.20 Å². The normalized spacial score (nSPS) is 17.7. The number of aromatic nitrogens is 3. The summed E-state index contributed by atoms with van der Waals surface area (Å²) >= 11 is 0. The molecule has 5 heteroatoms. The van der Waals surface area contributed by atoms with E-state index in [0.29, 0.717) is 12.3 Å². The third kappa shape index (κ3) is 4.65. The van der Waals surface area contributed by atoms with Crippen molar-refractivity contribution in [3.8, 4) is 0 Å². The first-order valence-electron chi connectivity index (χ1n) is 10.1. The van der Waals surface area contributed by atoms with E-state index in [1.54, 1.807) is 12.1 Å². The molecule has 0 saturated carbocycles. The summed E-state index contributed by atoms with van der Waals surface area (Å²) in [6, 6.07) is 11.1. The van der Waals surface area contributed by atoms with Crippen LogP contribution in [0.5, 0.6) is 0 Å². The van der Waals surface area contributed by atoms with E-state index in [0.717, 1.165) is 43.0 Å². The highest BCUT2D eigenvalue weighted by Gasteiger charge is 2.22. The van der Waals surface area contributed by atoms with Gasteiger partial charge < -0.3 is 0 Å². The van der Waals surface area contributed by atoms with Crippen LogP contribution in [0.3, 0.4) is 0 Å². The third-order valence-electron chi connectivity index (χ3n) is 5.49. The molecule has 2 aromatic heterocycles. The van der Waals surface area contributed by atoms with Gasteiger partial charge in [0.25, 0.3) is 0 Å². The van der Waals surface area contributed by atoms with E-state index in [2.05, 4.69) is 35.3 Å². The SMILES string of the molecule is CCn1cc(CN2CCC[C@H](c3ccc(Cc4cccc(F)c4)cn3)C2)cn1. The van der Waals surface area contributed by atoms with Crippen LogP contribution in [0.4, 0.5) is 4.39 Å². The zero-order valence-electron chi connectivity index (χ0n) is 16.4. The van der Waals surface area contributed by atoms with Crippen molar-refractivity contribution in [2.45, 2.75) is 45.2 Å². The Kier molecular flexibility index (Phi) is 5.81. The predicted octanol–water partition coefficient (Wildman–Crippen LogP) is 4.41. The first-order valence-corrected chi connectivity index (χ1v) is 10.1. The molecule has 0 spiro atoms. The zero-order chi connectivity index (χ0) is 19.3. The molecule has 1 atom stereocenters. The van der Waals surface area contributed by atoms with Gasteiger partial charge in [0.15, 0.2) is 0 Å². The lowest BCUT2D eigenvalue weighted by molar-refractivity contribution is 0.198. The quantitative estimate of drug-likeness (QED) is 0.637. The molecular formula is C23H27FN4. The maximum Gasteiger partial charge on any atom is 0.123 e. The Morgan fingerprint density at radius 3 is 2.79 bits per heavy atom. The van der Waals surface area contributed by atoms with E-state index in [1.165, 1.54) is 24.5 Å². The Morgan fingerprint density at radius 1 is 1.11 bits per heavy atom. The van der Waals surface area contributed by atoms with E-state index in [-0.39, 0.29) is 5.82 Å². The van der Waals surface area contributed by atoms with Crippen LogP contribution in [0, 0.1) is 5.82 Å². The molecule has 4 rings (SSSR count). The summed E-state index contributed by atoms with van der Waals surface area (Å²) in [6.45, 7) is 6.14. The minimum Gasteiger partial charge on any atom is -0.298 e. The maximum absolute atomic E-state index is 13.4. The number of likely N-dealkylation sites (tertiary alicyclic amines) is 1. The molecular weight excluding hydrogens is 351 g/mol. The Bertz CT molecular complexity index is 903. The summed E-state index contributed by atoms with van der Waals surface area (Å²) < 4.78 is 15.3. The van der Waals surface area contributed by atoms with Crippen molar-refractivity contribution in [3.63, 3.8) is 0 Å². The van der Waals surface area contributed by atoms with E-state index >= 15 is 0 Å². The zero-order valence-corrected chi connectivity index (χ0v) is 16.4. The molecule has 1 aromatic carbocycles. The van der Waals surface area contributed by atoms with E-state index < -0.39 is 0 Å². The second-order valence-electron chi connectivity index (χ2n) is 7.68. The van der Waals surface area contributed by atoms with Crippen molar-refractivity contribution in [3.05, 3.63) is 83.2 Å². The number of pyridine rings is 1. The molecule has 1 saturated heterocycles. The fourth-order valence-corrected chi connectivity index (χ4v) is 4.02. The number of hydrogen-bond acceptors (Lipinski definition) is 3. The molecule has 1 aliphatic heterocycles. The van der Waals surface area contributed by atoms with Crippen LogP contribution >= 0.6 is 0 Å². The van der Waals surface area contributed by atoms with Crippen molar-refractivity contribution in [1.29, 1.82) is 0 Å². The monoisotopic (exact) mass is 378 g/mol. The van der Waals surface area contributed by atoms with Crippen LogP contribution in [-0.4, -0.2) is 32.8 Å². The van der Waals surface area contributed by atoms with Gasteiger partial charge in [-0.1, -0.05) is 18.2 Å². The number of hydrogen-bond donors (Lipinski definition) is 0. The van der Waals surface area contributed by atoms with Crippen molar-refractivity contribution in [2.75, 3.05) is 13.1 Å². The van der Waals surface area contributed by atoms with E-state index in [9.17, 15) is 4.39 Å². The molecule has 146 valence electrons. The first-order chi connectivity index (χ1) is 13.7. The second-order valence-corrected chi connectivity index (χ2v) is 7.68. The van der Waals surface area contributed by atoms with Gasteiger partial charge in [0, 0.05) is 49.2 Å². The smallest absolute Gasteiger partial charge is 0.123 e. The average molecular weight is 378 g/mol. The lowest BCUT2D eigenvalue weighted by atomic mass is 9.93. The molecule has 3 aromatic rings. The standard InChI is InChI=1S/C23H27FN4/c1-2-28-16-20(14-26-28)15-27-10-4-6-21(17-27)23-9-8-19(13-25-23)11-18-5-3-7-22(24)12-18/h3,5,7-9,12-14,16,21H,2,4,6,10-11,15,17H2,1H3/t21-/m0/s1. The van der Waals surface area contributed by atoms with Gasteiger partial charge in [-0.15, -0.1) is 0 Å². The van der Waals surface area contributed by atoms with Crippen LogP contribution in [0.2, 0.25) is 0 Å². The molecule has 0 bridgehead atoms. The molecule has 0 aliphatic carbocycles. The fraction of sp³-hybridized carbons (Fsp3) is 0.391. The minimum atomic E-state index is -0.186. The van der Waals surface area contributed by atoms with Crippen molar-refractivity contribution in [1.82, 2.24) is 19.7 Å². The summed E-state index contributed by atoms with van der Waals surface area (Å²) in [6.07, 6.45) is 9.16. The topological polar surface area (TPSA) is 34.0 Å². The minimum absolute atomic E-state index is 0.186. The number of halogens is 1. The van der Waals surface area contributed by atoms with Crippen LogP contribution < -0.4 is 0 Å². The highest BCUT2D eigenvalue weighted by Crippen LogP contribution is 2.27. The Hall–Kier alpha value is -2.53. The van der Waals surface area contributed by atoms with Crippen LogP contribution in [0.15, 0.2) is 55.0 Å². The highest BCUT2D eigenvalue weighted by molar-refractivity contribution is 5.26. The summed E-state index contributed by atoms with van der Waals surface area (Å²) in [5, 5.41) is 4.38. The van der Waals surface area contributed by atoms with Gasteiger partial charge in [0.1, 0.15) is 5.82 Å². The Balaban J connectivity index is 1.38. The molecule has 1 aliphatic rings. The fourth-order valence-electron chi connectivity index (χ4n) is 4.02. The van der Waals surface area contributed by atoms with Gasteiger partial charge in [-0.05, 0) is 62.1 Å². The lowest BCUT2D eigenvalue weighted by Gasteiger charge is -2.32. The largest absolute Gasteiger partial charge is 0.298 e. The van der Waals surface area contributed by atoms with E-state index in [1.807, 2.05) is 23.1 Å². The highest BCUT2D eigenvalue weighted by atomic mass is 19.1. The average Bonchev–Trinajstić information content (AvgIpc) is 3.16. The molecule has 4 nitrogen and oxygen atoms in total. The van der Waals surface area contributed by atoms with Crippen molar-refractivity contribution < 1.29 is 4.39 Å². The van der Waals surface area contributed by atoms with Crippen molar-refractivity contribution >= 4 is 0 Å². The van der Waals surface area contributed by atoms with E-state index in [4.69, 9.17) is 4.98 Å². The molecule has 0 unspecified atom stereocenters.